The minimum Gasteiger partial charge on any atom is -0.449 e. The highest BCUT2D eigenvalue weighted by atomic mass is 35.5. The molecule has 6 nitrogen and oxygen atoms in total. The van der Waals surface area contributed by atoms with Crippen LogP contribution in [-0.4, -0.2) is 36.4 Å². The predicted octanol–water partition coefficient (Wildman–Crippen LogP) is 5.94. The van der Waals surface area contributed by atoms with Gasteiger partial charge in [0.25, 0.3) is 0 Å². The van der Waals surface area contributed by atoms with E-state index in [0.29, 0.717) is 5.69 Å². The van der Waals surface area contributed by atoms with Gasteiger partial charge < -0.3 is 15.0 Å². The number of ether oxygens (including phenoxy) is 1. The molecular formula is C32H27ClN2O4. The van der Waals surface area contributed by atoms with Crippen molar-refractivity contribution in [3.63, 3.8) is 0 Å². The third-order valence-electron chi connectivity index (χ3n) is 6.83. The number of para-hydroxylation sites is 1. The number of nitrogens with zero attached hydrogens (tertiary/aromatic N) is 1. The van der Waals surface area contributed by atoms with Gasteiger partial charge in [-0.2, -0.15) is 0 Å². The lowest BCUT2D eigenvalue weighted by molar-refractivity contribution is -0.122. The van der Waals surface area contributed by atoms with Gasteiger partial charge in [-0.25, -0.2) is 4.79 Å². The van der Waals surface area contributed by atoms with Gasteiger partial charge in [-0.05, 0) is 51.6 Å². The Morgan fingerprint density at radius 3 is 1.90 bits per heavy atom. The summed E-state index contributed by atoms with van der Waals surface area (Å²) in [6.07, 6.45) is -0.500. The number of nitrogens with one attached hydrogen (secondary N) is 1. The summed E-state index contributed by atoms with van der Waals surface area (Å²) in [6, 6.07) is 33.3. The van der Waals surface area contributed by atoms with Crippen LogP contribution in [0.25, 0.3) is 11.1 Å². The summed E-state index contributed by atoms with van der Waals surface area (Å²) in [5.74, 6) is -0.575. The SMILES string of the molecule is O=C(Cl)CN(C(=O)[C@@H](Cc1ccccc1)NC(=O)OCC1c2ccccc2-c2ccccc21)c1ccccc1. The summed E-state index contributed by atoms with van der Waals surface area (Å²) in [6.45, 7) is -0.212. The van der Waals surface area contributed by atoms with E-state index in [1.807, 2.05) is 72.8 Å². The molecule has 1 N–H and O–H groups in total. The summed E-state index contributed by atoms with van der Waals surface area (Å²) in [5, 5.41) is 2.07. The van der Waals surface area contributed by atoms with Crippen molar-refractivity contribution in [2.24, 2.45) is 0 Å². The van der Waals surface area contributed by atoms with Crippen molar-refractivity contribution >= 4 is 34.5 Å². The lowest BCUT2D eigenvalue weighted by Gasteiger charge is -2.27. The van der Waals surface area contributed by atoms with Crippen LogP contribution in [0.2, 0.25) is 0 Å². The average Bonchev–Trinajstić information content (AvgIpc) is 3.28. The molecule has 196 valence electrons. The molecule has 0 fully saturated rings. The van der Waals surface area contributed by atoms with Gasteiger partial charge in [0.15, 0.2) is 0 Å². The van der Waals surface area contributed by atoms with Crippen molar-refractivity contribution in [1.82, 2.24) is 5.32 Å². The van der Waals surface area contributed by atoms with Gasteiger partial charge in [0.05, 0.1) is 0 Å². The number of hydrogen-bond acceptors (Lipinski definition) is 4. The highest BCUT2D eigenvalue weighted by molar-refractivity contribution is 6.64. The van der Waals surface area contributed by atoms with Crippen molar-refractivity contribution in [1.29, 1.82) is 0 Å². The molecule has 4 aromatic rings. The highest BCUT2D eigenvalue weighted by Crippen LogP contribution is 2.44. The van der Waals surface area contributed by atoms with Crippen LogP contribution in [-0.2, 0) is 20.7 Å². The molecule has 0 bridgehead atoms. The van der Waals surface area contributed by atoms with E-state index < -0.39 is 23.3 Å². The first-order valence-electron chi connectivity index (χ1n) is 12.7. The van der Waals surface area contributed by atoms with Crippen LogP contribution < -0.4 is 10.2 Å². The maximum atomic E-state index is 13.8. The summed E-state index contributed by atoms with van der Waals surface area (Å²) in [7, 11) is 0. The zero-order chi connectivity index (χ0) is 27.2. The first-order valence-corrected chi connectivity index (χ1v) is 13.1. The molecule has 0 unspecified atom stereocenters. The van der Waals surface area contributed by atoms with Gasteiger partial charge >= 0.3 is 6.09 Å². The lowest BCUT2D eigenvalue weighted by Crippen LogP contribution is -2.51. The Morgan fingerprint density at radius 2 is 1.31 bits per heavy atom. The van der Waals surface area contributed by atoms with Crippen molar-refractivity contribution in [3.05, 3.63) is 126 Å². The smallest absolute Gasteiger partial charge is 0.407 e. The van der Waals surface area contributed by atoms with Gasteiger partial charge in [0, 0.05) is 18.0 Å². The van der Waals surface area contributed by atoms with E-state index in [9.17, 15) is 14.4 Å². The fraction of sp³-hybridized carbons (Fsp3) is 0.156. The molecule has 1 aliphatic rings. The fourth-order valence-corrected chi connectivity index (χ4v) is 5.17. The number of rotatable bonds is 9. The Balaban J connectivity index is 1.35. The van der Waals surface area contributed by atoms with Crippen LogP contribution in [0.1, 0.15) is 22.6 Å². The van der Waals surface area contributed by atoms with Crippen LogP contribution in [0.5, 0.6) is 0 Å². The van der Waals surface area contributed by atoms with E-state index in [1.165, 1.54) is 4.90 Å². The van der Waals surface area contributed by atoms with Crippen molar-refractivity contribution in [2.75, 3.05) is 18.1 Å². The van der Waals surface area contributed by atoms with E-state index in [2.05, 4.69) is 17.4 Å². The van der Waals surface area contributed by atoms with Gasteiger partial charge in [-0.1, -0.05) is 97.1 Å². The first kappa shape index (κ1) is 26.2. The first-order chi connectivity index (χ1) is 19.0. The molecule has 39 heavy (non-hydrogen) atoms. The maximum absolute atomic E-state index is 13.8. The molecule has 0 heterocycles. The molecule has 0 saturated carbocycles. The molecule has 0 radical (unpaired) electrons. The van der Waals surface area contributed by atoms with Crippen LogP contribution >= 0.6 is 11.6 Å². The molecule has 5 rings (SSSR count). The minimum atomic E-state index is -0.987. The highest BCUT2D eigenvalue weighted by Gasteiger charge is 2.31. The van der Waals surface area contributed by atoms with E-state index in [-0.39, 0.29) is 25.5 Å². The van der Waals surface area contributed by atoms with Gasteiger partial charge in [0.2, 0.25) is 11.1 Å². The van der Waals surface area contributed by atoms with E-state index in [1.54, 1.807) is 24.3 Å². The normalized spacial score (nSPS) is 12.6. The second kappa shape index (κ2) is 12.0. The number of fused-ring (bicyclic) bond motifs is 3. The molecule has 1 atom stereocenters. The maximum Gasteiger partial charge on any atom is 0.407 e. The molecule has 0 saturated heterocycles. The Morgan fingerprint density at radius 1 is 0.769 bits per heavy atom. The number of benzene rings is 4. The zero-order valence-corrected chi connectivity index (χ0v) is 21.9. The van der Waals surface area contributed by atoms with E-state index in [0.717, 1.165) is 27.8 Å². The standard InChI is InChI=1S/C32H27ClN2O4/c33-30(36)20-35(23-13-5-2-6-14-23)31(37)29(19-22-11-3-1-4-12-22)34-32(38)39-21-28-26-17-9-7-15-24(26)25-16-8-10-18-27(25)28/h1-18,28-29H,19-21H2,(H,34,38)/t29-/m1/s1. The third-order valence-corrected chi connectivity index (χ3v) is 6.95. The van der Waals surface area contributed by atoms with Crippen LogP contribution in [0, 0.1) is 0 Å². The third kappa shape index (κ3) is 6.02. The monoisotopic (exact) mass is 538 g/mol. The zero-order valence-electron chi connectivity index (χ0n) is 21.1. The summed E-state index contributed by atoms with van der Waals surface area (Å²) in [4.78, 5) is 40.0. The second-order valence-electron chi connectivity index (χ2n) is 9.33. The predicted molar refractivity (Wildman–Crippen MR) is 152 cm³/mol. The molecule has 0 aliphatic heterocycles. The number of anilines is 1. The van der Waals surface area contributed by atoms with Crippen LogP contribution in [0.3, 0.4) is 0 Å². The van der Waals surface area contributed by atoms with Gasteiger partial charge in [-0.15, -0.1) is 0 Å². The number of amides is 2. The molecule has 0 spiro atoms. The fourth-order valence-electron chi connectivity index (χ4n) is 5.05. The lowest BCUT2D eigenvalue weighted by atomic mass is 9.98. The largest absolute Gasteiger partial charge is 0.449 e. The number of carbonyl (C=O) groups is 3. The average molecular weight is 539 g/mol. The molecule has 7 heteroatoms. The second-order valence-corrected chi connectivity index (χ2v) is 9.75. The Labute approximate surface area is 232 Å². The number of carbonyl (C=O) groups excluding carboxylic acids is 3. The van der Waals surface area contributed by atoms with Gasteiger partial charge in [0.1, 0.15) is 19.2 Å². The van der Waals surface area contributed by atoms with E-state index >= 15 is 0 Å². The molecular weight excluding hydrogens is 512 g/mol. The van der Waals surface area contributed by atoms with Crippen molar-refractivity contribution < 1.29 is 19.1 Å². The van der Waals surface area contributed by atoms with Crippen LogP contribution in [0.4, 0.5) is 10.5 Å². The minimum absolute atomic E-state index is 0.110. The number of hydrogen-bond donors (Lipinski definition) is 1. The Kier molecular flexibility index (Phi) is 8.04. The molecule has 4 aromatic carbocycles. The molecule has 1 aliphatic carbocycles. The summed E-state index contributed by atoms with van der Waals surface area (Å²) < 4.78 is 5.71. The van der Waals surface area contributed by atoms with Gasteiger partial charge in [-0.3, -0.25) is 9.59 Å². The van der Waals surface area contributed by atoms with Crippen molar-refractivity contribution in [2.45, 2.75) is 18.4 Å². The number of alkyl carbamates (subject to hydrolysis) is 1. The Bertz CT molecular complexity index is 1430. The van der Waals surface area contributed by atoms with Crippen molar-refractivity contribution in [3.8, 4) is 11.1 Å². The topological polar surface area (TPSA) is 75.7 Å². The number of halogens is 1. The quantitative estimate of drug-likeness (QED) is 0.268. The van der Waals surface area contributed by atoms with Crippen LogP contribution in [0.15, 0.2) is 109 Å². The summed E-state index contributed by atoms with van der Waals surface area (Å²) >= 11 is 5.70. The Hall–Kier alpha value is -4.42. The summed E-state index contributed by atoms with van der Waals surface area (Å²) in [5.41, 5.74) is 5.80. The molecule has 2 amide bonds. The molecule has 0 aromatic heterocycles. The van der Waals surface area contributed by atoms with E-state index in [4.69, 9.17) is 16.3 Å².